The predicted octanol–water partition coefficient (Wildman–Crippen LogP) is 6.81. The van der Waals surface area contributed by atoms with E-state index in [1.54, 1.807) is 14.2 Å². The lowest BCUT2D eigenvalue weighted by atomic mass is 9.94. The maximum atomic E-state index is 11.2. The number of aryl methyl sites for hydroxylation is 2. The molecule has 0 aromatic heterocycles. The minimum absolute atomic E-state index is 0.0965. The molecule has 1 N–H and O–H groups in total. The average Bonchev–Trinajstić information content (AvgIpc) is 3.67. The molecular formula is C35H42O7. The molecule has 3 aromatic rings. The summed E-state index contributed by atoms with van der Waals surface area (Å²) in [6, 6.07) is 18.7. The normalized spacial score (nSPS) is 24.0. The number of carbonyl (C=O) groups is 1. The van der Waals surface area contributed by atoms with Crippen LogP contribution in [0.25, 0.3) is 11.1 Å². The third-order valence-electron chi connectivity index (χ3n) is 8.67. The Labute approximate surface area is 248 Å². The molecule has 224 valence electrons. The summed E-state index contributed by atoms with van der Waals surface area (Å²) in [5.41, 5.74) is 8.24. The number of hydrogen-bond acceptors (Lipinski definition) is 6. The van der Waals surface area contributed by atoms with E-state index in [2.05, 4.69) is 63.2 Å². The first kappa shape index (κ1) is 30.1. The molecule has 2 saturated heterocycles. The van der Waals surface area contributed by atoms with Gasteiger partial charge in [-0.3, -0.25) is 4.79 Å². The van der Waals surface area contributed by atoms with E-state index in [-0.39, 0.29) is 24.5 Å². The Kier molecular flexibility index (Phi) is 9.51. The van der Waals surface area contributed by atoms with Crippen LogP contribution < -0.4 is 9.47 Å². The van der Waals surface area contributed by atoms with Crippen molar-refractivity contribution < 1.29 is 33.6 Å². The number of ether oxygens (including phenoxy) is 5. The Morgan fingerprint density at radius 3 is 2.48 bits per heavy atom. The Balaban J connectivity index is 0.000000295. The van der Waals surface area contributed by atoms with Crippen molar-refractivity contribution in [3.05, 3.63) is 82.4 Å². The fourth-order valence-electron chi connectivity index (χ4n) is 6.64. The number of carboxylic acids is 1. The van der Waals surface area contributed by atoms with Gasteiger partial charge in [0.15, 0.2) is 0 Å². The largest absolute Gasteiger partial charge is 0.497 e. The van der Waals surface area contributed by atoms with Gasteiger partial charge in [0.05, 0.1) is 26.2 Å². The summed E-state index contributed by atoms with van der Waals surface area (Å²) >= 11 is 0. The van der Waals surface area contributed by atoms with Crippen LogP contribution in [0.5, 0.6) is 11.5 Å². The fraction of sp³-hybridized carbons (Fsp3) is 0.457. The van der Waals surface area contributed by atoms with E-state index < -0.39 is 5.97 Å². The first-order chi connectivity index (χ1) is 20.3. The van der Waals surface area contributed by atoms with Crippen molar-refractivity contribution in [2.24, 2.45) is 0 Å². The lowest BCUT2D eigenvalue weighted by molar-refractivity contribution is -0.137. The van der Waals surface area contributed by atoms with Gasteiger partial charge in [-0.2, -0.15) is 0 Å². The number of fused-ring (bicyclic) bond motifs is 2. The van der Waals surface area contributed by atoms with Crippen LogP contribution in [0.3, 0.4) is 0 Å². The van der Waals surface area contributed by atoms with Crippen molar-refractivity contribution in [3.63, 3.8) is 0 Å². The second-order valence-electron chi connectivity index (χ2n) is 11.6. The molecule has 0 amide bonds. The van der Waals surface area contributed by atoms with E-state index in [0.29, 0.717) is 25.2 Å². The third-order valence-corrected chi connectivity index (χ3v) is 8.67. The Hall–Kier alpha value is -3.39. The smallest absolute Gasteiger partial charge is 0.303 e. The number of carboxylic acid groups (broad SMARTS) is 1. The van der Waals surface area contributed by atoms with Crippen LogP contribution in [0.4, 0.5) is 0 Å². The second-order valence-corrected chi connectivity index (χ2v) is 11.6. The SMILES string of the molecule is COC1COC2CCOC12.COc1cc(C)c(-c2cccc(COc3ccc4c(c3)C(C)CC4CC(=O)O)c2)c(C)c1. The Morgan fingerprint density at radius 1 is 0.976 bits per heavy atom. The Bertz CT molecular complexity index is 1380. The van der Waals surface area contributed by atoms with E-state index in [4.69, 9.17) is 23.7 Å². The summed E-state index contributed by atoms with van der Waals surface area (Å²) in [4.78, 5) is 11.2. The lowest BCUT2D eigenvalue weighted by Gasteiger charge is -2.14. The molecule has 42 heavy (non-hydrogen) atoms. The predicted molar refractivity (Wildman–Crippen MR) is 162 cm³/mol. The topological polar surface area (TPSA) is 83.5 Å². The van der Waals surface area contributed by atoms with E-state index >= 15 is 0 Å². The van der Waals surface area contributed by atoms with E-state index in [1.807, 2.05) is 12.1 Å². The van der Waals surface area contributed by atoms with E-state index in [0.717, 1.165) is 42.1 Å². The minimum Gasteiger partial charge on any atom is -0.497 e. The zero-order valence-corrected chi connectivity index (χ0v) is 25.2. The van der Waals surface area contributed by atoms with Crippen LogP contribution in [0.15, 0.2) is 54.6 Å². The molecule has 5 atom stereocenters. The molecule has 1 aliphatic carbocycles. The van der Waals surface area contributed by atoms with Crippen LogP contribution in [-0.2, 0) is 25.6 Å². The number of benzene rings is 3. The molecule has 3 aromatic carbocycles. The maximum absolute atomic E-state index is 11.2. The van der Waals surface area contributed by atoms with Gasteiger partial charge in [0, 0.05) is 13.7 Å². The van der Waals surface area contributed by atoms with Gasteiger partial charge in [-0.05, 0) is 108 Å². The average molecular weight is 575 g/mol. The van der Waals surface area contributed by atoms with Crippen molar-refractivity contribution in [1.29, 1.82) is 0 Å². The van der Waals surface area contributed by atoms with Gasteiger partial charge in [-0.15, -0.1) is 0 Å². The molecule has 7 heteroatoms. The molecule has 7 nitrogen and oxygen atoms in total. The van der Waals surface area contributed by atoms with Crippen LogP contribution in [0.2, 0.25) is 0 Å². The quantitative estimate of drug-likeness (QED) is 0.316. The van der Waals surface area contributed by atoms with Crippen molar-refractivity contribution >= 4 is 5.97 Å². The molecular weight excluding hydrogens is 532 g/mol. The summed E-state index contributed by atoms with van der Waals surface area (Å²) in [7, 11) is 3.40. The first-order valence-corrected chi connectivity index (χ1v) is 14.8. The highest BCUT2D eigenvalue weighted by atomic mass is 16.6. The van der Waals surface area contributed by atoms with Gasteiger partial charge < -0.3 is 28.8 Å². The third kappa shape index (κ3) is 6.64. The summed E-state index contributed by atoms with van der Waals surface area (Å²) in [5.74, 6) is 1.41. The molecule has 2 aliphatic heterocycles. The maximum Gasteiger partial charge on any atom is 0.303 e. The Morgan fingerprint density at radius 2 is 1.76 bits per heavy atom. The van der Waals surface area contributed by atoms with Crippen molar-refractivity contribution in [2.45, 2.75) is 76.8 Å². The number of methoxy groups -OCH3 is 2. The van der Waals surface area contributed by atoms with Crippen LogP contribution in [-0.4, -0.2) is 56.8 Å². The van der Waals surface area contributed by atoms with Crippen LogP contribution in [0, 0.1) is 13.8 Å². The number of hydrogen-bond donors (Lipinski definition) is 1. The van der Waals surface area contributed by atoms with E-state index in [1.165, 1.54) is 27.8 Å². The van der Waals surface area contributed by atoms with Crippen molar-refractivity contribution in [2.75, 3.05) is 27.4 Å². The minimum atomic E-state index is -0.738. The second kappa shape index (κ2) is 13.3. The zero-order valence-electron chi connectivity index (χ0n) is 25.2. The van der Waals surface area contributed by atoms with Crippen molar-refractivity contribution in [1.82, 2.24) is 0 Å². The highest BCUT2D eigenvalue weighted by molar-refractivity contribution is 5.72. The van der Waals surface area contributed by atoms with Crippen molar-refractivity contribution in [3.8, 4) is 22.6 Å². The molecule has 6 rings (SSSR count). The molecule has 0 spiro atoms. The molecule has 0 radical (unpaired) electrons. The highest BCUT2D eigenvalue weighted by Gasteiger charge is 2.41. The molecule has 5 unspecified atom stereocenters. The van der Waals surface area contributed by atoms with Crippen LogP contribution >= 0.6 is 0 Å². The molecule has 3 aliphatic rings. The van der Waals surface area contributed by atoms with E-state index in [9.17, 15) is 9.90 Å². The first-order valence-electron chi connectivity index (χ1n) is 14.8. The van der Waals surface area contributed by atoms with Gasteiger partial charge in [-0.25, -0.2) is 0 Å². The zero-order chi connectivity index (χ0) is 29.8. The summed E-state index contributed by atoms with van der Waals surface area (Å²) in [5, 5.41) is 9.18. The summed E-state index contributed by atoms with van der Waals surface area (Å²) < 4.78 is 27.6. The fourth-order valence-corrected chi connectivity index (χ4v) is 6.64. The monoisotopic (exact) mass is 574 g/mol. The number of aliphatic carboxylic acids is 1. The van der Waals surface area contributed by atoms with Gasteiger partial charge >= 0.3 is 5.97 Å². The molecule has 0 saturated carbocycles. The summed E-state index contributed by atoms with van der Waals surface area (Å²) in [6.07, 6.45) is 2.80. The van der Waals surface area contributed by atoms with Gasteiger partial charge in [0.2, 0.25) is 0 Å². The summed E-state index contributed by atoms with van der Waals surface area (Å²) in [6.45, 7) is 8.39. The highest BCUT2D eigenvalue weighted by Crippen LogP contribution is 2.44. The molecule has 0 bridgehead atoms. The molecule has 2 fully saturated rings. The standard InChI is InChI=1S/C28H30O4.C7H12O3/c1-17-10-22(14-27(29)30)25-9-8-23(15-26(17)25)32-16-20-6-5-7-21(13-20)28-18(2)11-24(31-4)12-19(28)3;1-8-6-4-10-5-2-3-9-7(5)6/h5-9,11-13,15,17,22H,10,14,16H2,1-4H3,(H,29,30);5-7H,2-4H2,1H3. The van der Waals surface area contributed by atoms with Gasteiger partial charge in [-0.1, -0.05) is 31.2 Å². The molecule has 2 heterocycles. The number of rotatable bonds is 8. The van der Waals surface area contributed by atoms with Crippen LogP contribution in [0.1, 0.15) is 65.8 Å². The van der Waals surface area contributed by atoms with Gasteiger partial charge in [0.25, 0.3) is 0 Å². The lowest BCUT2D eigenvalue weighted by Crippen LogP contribution is -2.28. The van der Waals surface area contributed by atoms with Gasteiger partial charge in [0.1, 0.15) is 30.3 Å².